The van der Waals surface area contributed by atoms with Crippen LogP contribution in [0.3, 0.4) is 0 Å². The molecular formula is C14H12Br2N2O3. The van der Waals surface area contributed by atoms with Crippen LogP contribution in [0.1, 0.15) is 10.4 Å². The lowest BCUT2D eigenvalue weighted by Gasteiger charge is -2.12. The number of nitrogen functional groups attached to an aromatic ring is 1. The number of ether oxygens (including phenoxy) is 1. The van der Waals surface area contributed by atoms with E-state index in [0.717, 1.165) is 0 Å². The molecule has 0 aromatic heterocycles. The Kier molecular flexibility index (Phi) is 4.74. The second-order valence-electron chi connectivity index (χ2n) is 4.20. The number of aromatic hydroxyl groups is 1. The molecule has 0 unspecified atom stereocenters. The van der Waals surface area contributed by atoms with Gasteiger partial charge in [-0.25, -0.2) is 0 Å². The Morgan fingerprint density at radius 3 is 2.43 bits per heavy atom. The van der Waals surface area contributed by atoms with Gasteiger partial charge in [-0.3, -0.25) is 4.79 Å². The normalized spacial score (nSPS) is 10.2. The fraction of sp³-hybridized carbons (Fsp3) is 0.0714. The second kappa shape index (κ2) is 6.36. The minimum absolute atomic E-state index is 0.116. The monoisotopic (exact) mass is 414 g/mol. The number of benzene rings is 2. The van der Waals surface area contributed by atoms with Crippen molar-refractivity contribution in [2.45, 2.75) is 0 Å². The van der Waals surface area contributed by atoms with E-state index in [-0.39, 0.29) is 11.3 Å². The first-order chi connectivity index (χ1) is 9.92. The van der Waals surface area contributed by atoms with Gasteiger partial charge in [0.05, 0.1) is 18.4 Å². The average molecular weight is 416 g/mol. The molecule has 110 valence electrons. The lowest BCUT2D eigenvalue weighted by molar-refractivity contribution is 0.102. The number of phenolic OH excluding ortho intramolecular Hbond substituents is 1. The molecule has 2 rings (SSSR count). The van der Waals surface area contributed by atoms with E-state index in [1.54, 1.807) is 18.2 Å². The van der Waals surface area contributed by atoms with Crippen molar-refractivity contribution in [2.75, 3.05) is 18.2 Å². The number of anilines is 2. The molecule has 0 saturated heterocycles. The lowest BCUT2D eigenvalue weighted by Crippen LogP contribution is -2.13. The van der Waals surface area contributed by atoms with Gasteiger partial charge in [0, 0.05) is 14.6 Å². The number of nitrogens with one attached hydrogen (secondary N) is 1. The van der Waals surface area contributed by atoms with Gasteiger partial charge in [0.25, 0.3) is 5.91 Å². The van der Waals surface area contributed by atoms with Crippen molar-refractivity contribution in [3.8, 4) is 11.5 Å². The van der Waals surface area contributed by atoms with E-state index in [1.165, 1.54) is 19.2 Å². The minimum atomic E-state index is -0.461. The van der Waals surface area contributed by atoms with Crippen molar-refractivity contribution in [3.63, 3.8) is 0 Å². The molecule has 0 bridgehead atoms. The molecule has 4 N–H and O–H groups in total. The summed E-state index contributed by atoms with van der Waals surface area (Å²) in [5, 5.41) is 12.5. The summed E-state index contributed by atoms with van der Waals surface area (Å²) >= 11 is 6.67. The van der Waals surface area contributed by atoms with Crippen LogP contribution >= 0.6 is 31.9 Å². The summed E-state index contributed by atoms with van der Waals surface area (Å²) in [5.74, 6) is -0.109. The Hall–Kier alpha value is -1.73. The van der Waals surface area contributed by atoms with Crippen LogP contribution < -0.4 is 15.8 Å². The van der Waals surface area contributed by atoms with Gasteiger partial charge in [0.2, 0.25) is 0 Å². The van der Waals surface area contributed by atoms with Crippen LogP contribution in [0.5, 0.6) is 11.5 Å². The van der Waals surface area contributed by atoms with Crippen molar-refractivity contribution in [1.82, 2.24) is 0 Å². The topological polar surface area (TPSA) is 84.6 Å². The Morgan fingerprint density at radius 1 is 1.24 bits per heavy atom. The van der Waals surface area contributed by atoms with Crippen LogP contribution in [0.4, 0.5) is 11.4 Å². The molecular weight excluding hydrogens is 404 g/mol. The van der Waals surface area contributed by atoms with Crippen LogP contribution in [-0.4, -0.2) is 18.1 Å². The molecule has 0 aliphatic carbocycles. The number of carbonyl (C=O) groups is 1. The predicted molar refractivity (Wildman–Crippen MR) is 88.9 cm³/mol. The maximum Gasteiger partial charge on any atom is 0.259 e. The third-order valence-corrected chi connectivity index (χ3v) is 4.00. The smallest absolute Gasteiger partial charge is 0.259 e. The predicted octanol–water partition coefficient (Wildman–Crippen LogP) is 3.76. The lowest BCUT2D eigenvalue weighted by atomic mass is 10.1. The van der Waals surface area contributed by atoms with E-state index in [9.17, 15) is 9.90 Å². The number of phenols is 1. The fourth-order valence-corrected chi connectivity index (χ4v) is 3.14. The first kappa shape index (κ1) is 15.7. The fourth-order valence-electron chi connectivity index (χ4n) is 1.72. The van der Waals surface area contributed by atoms with Gasteiger partial charge in [0.1, 0.15) is 11.5 Å². The van der Waals surface area contributed by atoms with Crippen molar-refractivity contribution < 1.29 is 14.6 Å². The molecule has 0 fully saturated rings. The Balaban J connectivity index is 2.35. The Labute approximate surface area is 138 Å². The molecule has 7 heteroatoms. The number of amides is 1. The van der Waals surface area contributed by atoms with Gasteiger partial charge in [-0.2, -0.15) is 0 Å². The number of hydrogen-bond acceptors (Lipinski definition) is 4. The second-order valence-corrected chi connectivity index (χ2v) is 5.91. The van der Waals surface area contributed by atoms with Gasteiger partial charge in [0.15, 0.2) is 0 Å². The van der Waals surface area contributed by atoms with Crippen molar-refractivity contribution in [2.24, 2.45) is 0 Å². The molecule has 0 aliphatic heterocycles. The van der Waals surface area contributed by atoms with Gasteiger partial charge in [-0.15, -0.1) is 0 Å². The number of halogens is 2. The highest BCUT2D eigenvalue weighted by atomic mass is 79.9. The van der Waals surface area contributed by atoms with E-state index in [4.69, 9.17) is 10.5 Å². The average Bonchev–Trinajstić information content (AvgIpc) is 2.43. The number of methoxy groups -OCH3 is 1. The molecule has 2 aromatic rings. The number of nitrogens with two attached hydrogens (primary N) is 1. The van der Waals surface area contributed by atoms with Crippen LogP contribution in [0.2, 0.25) is 0 Å². The first-order valence-corrected chi connectivity index (χ1v) is 7.44. The highest BCUT2D eigenvalue weighted by molar-refractivity contribution is 9.11. The summed E-state index contributed by atoms with van der Waals surface area (Å²) in [7, 11) is 1.49. The summed E-state index contributed by atoms with van der Waals surface area (Å²) < 4.78 is 6.31. The van der Waals surface area contributed by atoms with Gasteiger partial charge < -0.3 is 20.9 Å². The van der Waals surface area contributed by atoms with Crippen molar-refractivity contribution in [1.29, 1.82) is 0 Å². The SMILES string of the molecule is COc1ccc(O)c(C(=O)Nc2c(Br)cc(N)cc2Br)c1. The molecule has 2 aromatic carbocycles. The molecule has 0 atom stereocenters. The molecule has 0 aliphatic rings. The zero-order valence-corrected chi connectivity index (χ0v) is 14.2. The van der Waals surface area contributed by atoms with Gasteiger partial charge in [-0.05, 0) is 62.2 Å². The Bertz CT molecular complexity index is 682. The number of rotatable bonds is 3. The Morgan fingerprint density at radius 2 is 1.86 bits per heavy atom. The molecule has 5 nitrogen and oxygen atoms in total. The summed E-state index contributed by atoms with van der Waals surface area (Å²) in [6.07, 6.45) is 0. The van der Waals surface area contributed by atoms with E-state index < -0.39 is 5.91 Å². The third-order valence-electron chi connectivity index (χ3n) is 2.75. The minimum Gasteiger partial charge on any atom is -0.507 e. The third kappa shape index (κ3) is 3.48. The standard InChI is InChI=1S/C14H12Br2N2O3/c1-21-8-2-3-12(19)9(6-8)14(20)18-13-10(15)4-7(17)5-11(13)16/h2-6,19H,17H2,1H3,(H,18,20). The zero-order chi connectivity index (χ0) is 15.6. The van der Waals surface area contributed by atoms with E-state index >= 15 is 0 Å². The molecule has 0 spiro atoms. The molecule has 1 amide bonds. The summed E-state index contributed by atoms with van der Waals surface area (Å²) in [5.41, 5.74) is 6.90. The maximum absolute atomic E-state index is 12.3. The van der Waals surface area contributed by atoms with E-state index in [2.05, 4.69) is 37.2 Å². The molecule has 0 heterocycles. The quantitative estimate of drug-likeness (QED) is 0.666. The summed E-state index contributed by atoms with van der Waals surface area (Å²) in [4.78, 5) is 12.3. The zero-order valence-electron chi connectivity index (χ0n) is 11.0. The van der Waals surface area contributed by atoms with Crippen molar-refractivity contribution >= 4 is 49.1 Å². The first-order valence-electron chi connectivity index (χ1n) is 5.85. The van der Waals surface area contributed by atoms with Crippen LogP contribution in [0.15, 0.2) is 39.3 Å². The summed E-state index contributed by atoms with van der Waals surface area (Å²) in [6.45, 7) is 0. The highest BCUT2D eigenvalue weighted by Crippen LogP contribution is 2.34. The van der Waals surface area contributed by atoms with Gasteiger partial charge >= 0.3 is 0 Å². The number of carbonyl (C=O) groups excluding carboxylic acids is 1. The number of hydrogen-bond donors (Lipinski definition) is 3. The van der Waals surface area contributed by atoms with Crippen LogP contribution in [0, 0.1) is 0 Å². The maximum atomic E-state index is 12.3. The van der Waals surface area contributed by atoms with E-state index in [0.29, 0.717) is 26.1 Å². The molecule has 0 radical (unpaired) electrons. The van der Waals surface area contributed by atoms with Crippen LogP contribution in [0.25, 0.3) is 0 Å². The summed E-state index contributed by atoms with van der Waals surface area (Å²) in [6, 6.07) is 7.78. The van der Waals surface area contributed by atoms with Gasteiger partial charge in [-0.1, -0.05) is 0 Å². The molecule has 21 heavy (non-hydrogen) atoms. The molecule has 0 saturated carbocycles. The van der Waals surface area contributed by atoms with E-state index in [1.807, 2.05) is 0 Å². The van der Waals surface area contributed by atoms with Crippen LogP contribution in [-0.2, 0) is 0 Å². The largest absolute Gasteiger partial charge is 0.507 e. The highest BCUT2D eigenvalue weighted by Gasteiger charge is 2.16. The van der Waals surface area contributed by atoms with Crippen molar-refractivity contribution in [3.05, 3.63) is 44.8 Å².